The van der Waals surface area contributed by atoms with E-state index in [4.69, 9.17) is 0 Å². The van der Waals surface area contributed by atoms with Crippen LogP contribution in [0.3, 0.4) is 0 Å². The van der Waals surface area contributed by atoms with Crippen molar-refractivity contribution in [3.63, 3.8) is 0 Å². The van der Waals surface area contributed by atoms with E-state index in [2.05, 4.69) is 20.6 Å². The van der Waals surface area contributed by atoms with Gasteiger partial charge in [-0.2, -0.15) is 13.2 Å². The first-order chi connectivity index (χ1) is 11.9. The summed E-state index contributed by atoms with van der Waals surface area (Å²) in [5, 5.41) is 7.76. The van der Waals surface area contributed by atoms with Gasteiger partial charge in [0, 0.05) is 24.9 Å². The summed E-state index contributed by atoms with van der Waals surface area (Å²) in [6, 6.07) is 8.01. The third-order valence-corrected chi connectivity index (χ3v) is 4.40. The average molecular weight is 498 g/mol. The summed E-state index contributed by atoms with van der Waals surface area (Å²) in [5.41, 5.74) is 1.48. The molecule has 0 atom stereocenters. The van der Waals surface area contributed by atoms with Crippen LogP contribution < -0.4 is 10.6 Å². The first-order valence-electron chi connectivity index (χ1n) is 7.98. The Morgan fingerprint density at radius 2 is 1.96 bits per heavy atom. The molecule has 0 amide bonds. The van der Waals surface area contributed by atoms with Crippen LogP contribution in [-0.4, -0.2) is 24.0 Å². The lowest BCUT2D eigenvalue weighted by atomic mass is 10.1. The van der Waals surface area contributed by atoms with E-state index in [0.717, 1.165) is 22.3 Å². The molecule has 2 rings (SSSR count). The number of thiazole rings is 1. The van der Waals surface area contributed by atoms with E-state index in [1.54, 1.807) is 0 Å². The highest BCUT2D eigenvalue weighted by atomic mass is 127. The number of guanidine groups is 1. The maximum absolute atomic E-state index is 12.5. The molecule has 0 fully saturated rings. The van der Waals surface area contributed by atoms with Gasteiger partial charge in [-0.3, -0.25) is 0 Å². The minimum Gasteiger partial charge on any atom is -0.357 e. The number of hydrogen-bond acceptors (Lipinski definition) is 3. The number of alkyl halides is 3. The second kappa shape index (κ2) is 10.7. The molecule has 2 aromatic rings. The Morgan fingerprint density at radius 3 is 2.58 bits per heavy atom. The van der Waals surface area contributed by atoms with Gasteiger partial charge in [0.05, 0.1) is 11.6 Å². The molecule has 0 aliphatic rings. The molecule has 0 bridgehead atoms. The zero-order valence-electron chi connectivity index (χ0n) is 14.6. The zero-order chi connectivity index (χ0) is 18.3. The summed E-state index contributed by atoms with van der Waals surface area (Å²) in [5.74, 6) is 0.637. The number of halogens is 4. The fourth-order valence-electron chi connectivity index (χ4n) is 2.14. The van der Waals surface area contributed by atoms with Gasteiger partial charge in [-0.25, -0.2) is 9.98 Å². The Labute approximate surface area is 172 Å². The number of rotatable bonds is 6. The van der Waals surface area contributed by atoms with Crippen molar-refractivity contribution in [2.45, 2.75) is 33.0 Å². The number of aryl methyl sites for hydroxylation is 1. The van der Waals surface area contributed by atoms with Gasteiger partial charge in [0.15, 0.2) is 11.7 Å². The van der Waals surface area contributed by atoms with Crippen molar-refractivity contribution in [3.05, 3.63) is 51.5 Å². The zero-order valence-corrected chi connectivity index (χ0v) is 17.7. The smallest absolute Gasteiger partial charge is 0.357 e. The van der Waals surface area contributed by atoms with E-state index in [0.29, 0.717) is 37.0 Å². The predicted molar refractivity (Wildman–Crippen MR) is 110 cm³/mol. The van der Waals surface area contributed by atoms with Gasteiger partial charge in [-0.1, -0.05) is 24.3 Å². The molecule has 26 heavy (non-hydrogen) atoms. The van der Waals surface area contributed by atoms with Gasteiger partial charge < -0.3 is 10.6 Å². The Hall–Kier alpha value is -1.36. The molecule has 0 aliphatic carbocycles. The molecule has 1 aromatic heterocycles. The van der Waals surface area contributed by atoms with Gasteiger partial charge in [0.2, 0.25) is 0 Å². The Kier molecular flexibility index (Phi) is 9.34. The van der Waals surface area contributed by atoms with E-state index in [9.17, 15) is 13.2 Å². The minimum atomic E-state index is -4.38. The SMILES string of the molecule is CCNC(=NCc1ccccc1C)NCCc1nc(C(F)(F)F)cs1.I. The number of hydrogen-bond donors (Lipinski definition) is 2. The Morgan fingerprint density at radius 1 is 1.23 bits per heavy atom. The fraction of sp³-hybridized carbons (Fsp3) is 0.412. The van der Waals surface area contributed by atoms with Crippen LogP contribution in [-0.2, 0) is 19.1 Å². The number of aliphatic imine (C=N–C) groups is 1. The van der Waals surface area contributed by atoms with Crippen LogP contribution in [0.2, 0.25) is 0 Å². The monoisotopic (exact) mass is 498 g/mol. The molecule has 144 valence electrons. The van der Waals surface area contributed by atoms with E-state index >= 15 is 0 Å². The summed E-state index contributed by atoms with van der Waals surface area (Å²) in [6.45, 7) is 5.70. The van der Waals surface area contributed by atoms with Crippen molar-refractivity contribution in [3.8, 4) is 0 Å². The van der Waals surface area contributed by atoms with Crippen LogP contribution in [0.4, 0.5) is 13.2 Å². The molecule has 4 nitrogen and oxygen atoms in total. The predicted octanol–water partition coefficient (Wildman–Crippen LogP) is 4.39. The highest BCUT2D eigenvalue weighted by Gasteiger charge is 2.33. The van der Waals surface area contributed by atoms with Crippen LogP contribution >= 0.6 is 35.3 Å². The lowest BCUT2D eigenvalue weighted by molar-refractivity contribution is -0.140. The molecule has 0 saturated carbocycles. The molecule has 1 heterocycles. The molecule has 0 saturated heterocycles. The molecular formula is C17H22F3IN4S. The van der Waals surface area contributed by atoms with Gasteiger partial charge in [-0.15, -0.1) is 35.3 Å². The van der Waals surface area contributed by atoms with E-state index in [1.165, 1.54) is 5.56 Å². The highest BCUT2D eigenvalue weighted by molar-refractivity contribution is 14.0. The van der Waals surface area contributed by atoms with Gasteiger partial charge in [-0.05, 0) is 25.0 Å². The highest BCUT2D eigenvalue weighted by Crippen LogP contribution is 2.29. The normalized spacial score (nSPS) is 11.8. The van der Waals surface area contributed by atoms with Crippen LogP contribution in [0.25, 0.3) is 0 Å². The van der Waals surface area contributed by atoms with Crippen molar-refractivity contribution in [1.29, 1.82) is 0 Å². The quantitative estimate of drug-likeness (QED) is 0.353. The second-order valence-electron chi connectivity index (χ2n) is 5.42. The van der Waals surface area contributed by atoms with Crippen molar-refractivity contribution >= 4 is 41.3 Å². The summed E-state index contributed by atoms with van der Waals surface area (Å²) in [4.78, 5) is 8.14. The lowest BCUT2D eigenvalue weighted by Gasteiger charge is -2.11. The van der Waals surface area contributed by atoms with E-state index in [-0.39, 0.29) is 24.0 Å². The number of benzene rings is 1. The van der Waals surface area contributed by atoms with Crippen molar-refractivity contribution in [1.82, 2.24) is 15.6 Å². The standard InChI is InChI=1S/C17H21F3N4S.HI/c1-3-21-16(23-10-13-7-5-4-6-12(13)2)22-9-8-15-24-14(11-25-15)17(18,19)20;/h4-7,11H,3,8-10H2,1-2H3,(H2,21,22,23);1H. The molecule has 0 aliphatic heterocycles. The largest absolute Gasteiger partial charge is 0.434 e. The molecule has 1 aromatic carbocycles. The third-order valence-electron chi connectivity index (χ3n) is 3.49. The summed E-state index contributed by atoms with van der Waals surface area (Å²) in [7, 11) is 0. The summed E-state index contributed by atoms with van der Waals surface area (Å²) >= 11 is 1.02. The van der Waals surface area contributed by atoms with Gasteiger partial charge >= 0.3 is 6.18 Å². The number of nitrogens with zero attached hydrogens (tertiary/aromatic N) is 2. The molecule has 0 radical (unpaired) electrons. The van der Waals surface area contributed by atoms with Gasteiger partial charge in [0.25, 0.3) is 0 Å². The van der Waals surface area contributed by atoms with Crippen molar-refractivity contribution < 1.29 is 13.2 Å². The van der Waals surface area contributed by atoms with Crippen LogP contribution in [0.5, 0.6) is 0 Å². The first-order valence-corrected chi connectivity index (χ1v) is 8.86. The van der Waals surface area contributed by atoms with E-state index in [1.807, 2.05) is 38.1 Å². The summed E-state index contributed by atoms with van der Waals surface area (Å²) < 4.78 is 37.6. The summed E-state index contributed by atoms with van der Waals surface area (Å²) in [6.07, 6.45) is -3.97. The first kappa shape index (κ1) is 22.7. The van der Waals surface area contributed by atoms with Crippen LogP contribution in [0, 0.1) is 6.92 Å². The van der Waals surface area contributed by atoms with Crippen LogP contribution in [0.15, 0.2) is 34.6 Å². The van der Waals surface area contributed by atoms with Crippen molar-refractivity contribution in [2.24, 2.45) is 4.99 Å². The third kappa shape index (κ3) is 7.10. The van der Waals surface area contributed by atoms with Crippen molar-refractivity contribution in [2.75, 3.05) is 13.1 Å². The molecule has 2 N–H and O–H groups in total. The Balaban J connectivity index is 0.00000338. The molecule has 0 spiro atoms. The number of aromatic nitrogens is 1. The Bertz CT molecular complexity index is 716. The second-order valence-corrected chi connectivity index (χ2v) is 6.37. The molecular weight excluding hydrogens is 476 g/mol. The lowest BCUT2D eigenvalue weighted by Crippen LogP contribution is -2.38. The number of nitrogens with one attached hydrogen (secondary N) is 2. The molecule has 0 unspecified atom stereocenters. The van der Waals surface area contributed by atoms with Crippen LogP contribution in [0.1, 0.15) is 28.8 Å². The average Bonchev–Trinajstić information content (AvgIpc) is 3.03. The topological polar surface area (TPSA) is 49.3 Å². The van der Waals surface area contributed by atoms with E-state index < -0.39 is 11.9 Å². The maximum atomic E-state index is 12.5. The maximum Gasteiger partial charge on any atom is 0.434 e. The van der Waals surface area contributed by atoms with Gasteiger partial charge in [0.1, 0.15) is 0 Å². The molecule has 9 heteroatoms. The minimum absolute atomic E-state index is 0. The fourth-order valence-corrected chi connectivity index (χ4v) is 2.94.